The maximum Gasteiger partial charge on any atom is 0.261 e. The van der Waals surface area contributed by atoms with E-state index in [1.54, 1.807) is 36.4 Å². The van der Waals surface area contributed by atoms with Crippen molar-refractivity contribution in [1.29, 1.82) is 0 Å². The fourth-order valence-electron chi connectivity index (χ4n) is 3.97. The molecule has 5 rings (SSSR count). The number of anilines is 2. The zero-order valence-corrected chi connectivity index (χ0v) is 20.7. The average molecular weight is 505 g/mol. The molecule has 37 heavy (non-hydrogen) atoms. The van der Waals surface area contributed by atoms with Crippen molar-refractivity contribution >= 4 is 43.7 Å². The molecule has 5 aromatic rings. The summed E-state index contributed by atoms with van der Waals surface area (Å²) in [6.45, 7) is 0. The average Bonchev–Trinajstić information content (AvgIpc) is 2.93. The molecule has 0 bridgehead atoms. The molecule has 0 radical (unpaired) electrons. The lowest BCUT2D eigenvalue weighted by Crippen LogP contribution is -2.13. The monoisotopic (exact) mass is 504 g/mol. The Bertz CT molecular complexity index is 1680. The Morgan fingerprint density at radius 3 is 1.84 bits per heavy atom. The van der Waals surface area contributed by atoms with Crippen LogP contribution in [0.5, 0.6) is 0 Å². The number of nitrogens with one attached hydrogen (secondary N) is 2. The highest BCUT2D eigenvalue weighted by atomic mass is 32.2. The summed E-state index contributed by atoms with van der Waals surface area (Å²) in [4.78, 5) is 13.0. The third-order valence-electron chi connectivity index (χ3n) is 5.86. The molecule has 0 atom stereocenters. The van der Waals surface area contributed by atoms with Gasteiger partial charge in [-0.1, -0.05) is 91.0 Å². The fourth-order valence-corrected chi connectivity index (χ4v) is 5.02. The minimum absolute atomic E-state index is 0.134. The minimum atomic E-state index is -3.78. The van der Waals surface area contributed by atoms with Crippen molar-refractivity contribution in [1.82, 2.24) is 0 Å². The number of ketones is 1. The summed E-state index contributed by atoms with van der Waals surface area (Å²) in [6, 6.07) is 38.2. The van der Waals surface area contributed by atoms with Gasteiger partial charge in [-0.25, -0.2) is 8.42 Å². The molecule has 2 N–H and O–H groups in total. The molecule has 0 amide bonds. The Balaban J connectivity index is 1.37. The number of carbonyl (C=O) groups is 1. The van der Waals surface area contributed by atoms with Crippen LogP contribution < -0.4 is 10.0 Å². The second-order valence-electron chi connectivity index (χ2n) is 8.47. The Hall–Kier alpha value is -4.68. The number of allylic oxidation sites excluding steroid dienone is 1. The van der Waals surface area contributed by atoms with Crippen molar-refractivity contribution in [2.45, 2.75) is 4.90 Å². The number of sulfonamides is 1. The van der Waals surface area contributed by atoms with Crippen LogP contribution in [0.2, 0.25) is 0 Å². The van der Waals surface area contributed by atoms with Crippen molar-refractivity contribution in [2.24, 2.45) is 0 Å². The van der Waals surface area contributed by atoms with Gasteiger partial charge in [-0.05, 0) is 52.7 Å². The predicted octanol–water partition coefficient (Wildman–Crippen LogP) is 6.98. The molecule has 0 aliphatic carbocycles. The van der Waals surface area contributed by atoms with E-state index in [0.717, 1.165) is 16.3 Å². The molecule has 5 aromatic carbocycles. The van der Waals surface area contributed by atoms with Gasteiger partial charge < -0.3 is 5.32 Å². The SMILES string of the molecule is O=C(/C=C(/Nc1ccc(S(=O)(=O)Nc2ccc3ccccc3c2)cc1)c1ccccc1)c1ccccc1. The van der Waals surface area contributed by atoms with Crippen LogP contribution in [0, 0.1) is 0 Å². The molecule has 182 valence electrons. The van der Waals surface area contributed by atoms with Gasteiger partial charge in [0, 0.05) is 28.7 Å². The lowest BCUT2D eigenvalue weighted by molar-refractivity contribution is 0.104. The number of carbonyl (C=O) groups excluding carboxylic acids is 1. The number of hydrogen-bond donors (Lipinski definition) is 2. The summed E-state index contributed by atoms with van der Waals surface area (Å²) in [5, 5.41) is 5.26. The highest BCUT2D eigenvalue weighted by molar-refractivity contribution is 7.92. The standard InChI is InChI=1S/C31H24N2O3S/c34-31(25-12-5-2-6-13-25)22-30(24-10-3-1-4-11-24)32-27-17-19-29(20-18-27)37(35,36)33-28-16-15-23-9-7-8-14-26(23)21-28/h1-22,32-33H/b30-22+. The maximum absolute atomic E-state index is 13.0. The van der Waals surface area contributed by atoms with E-state index in [4.69, 9.17) is 0 Å². The van der Waals surface area contributed by atoms with Gasteiger partial charge in [0.2, 0.25) is 0 Å². The van der Waals surface area contributed by atoms with E-state index in [9.17, 15) is 13.2 Å². The van der Waals surface area contributed by atoms with E-state index < -0.39 is 10.0 Å². The molecule has 0 fully saturated rings. The van der Waals surface area contributed by atoms with Crippen LogP contribution in [0.15, 0.2) is 138 Å². The van der Waals surface area contributed by atoms with Crippen molar-refractivity contribution in [3.63, 3.8) is 0 Å². The van der Waals surface area contributed by atoms with Gasteiger partial charge in [0.05, 0.1) is 4.90 Å². The molecule has 0 heterocycles. The van der Waals surface area contributed by atoms with Crippen LogP contribution in [-0.2, 0) is 10.0 Å². The molecule has 0 saturated carbocycles. The molecule has 5 nitrogen and oxygen atoms in total. The van der Waals surface area contributed by atoms with Gasteiger partial charge in [-0.15, -0.1) is 0 Å². The van der Waals surface area contributed by atoms with Crippen LogP contribution in [-0.4, -0.2) is 14.2 Å². The van der Waals surface area contributed by atoms with Crippen LogP contribution in [0.3, 0.4) is 0 Å². The summed E-state index contributed by atoms with van der Waals surface area (Å²) in [6.07, 6.45) is 1.55. The summed E-state index contributed by atoms with van der Waals surface area (Å²) in [5.41, 5.74) is 3.18. The summed E-state index contributed by atoms with van der Waals surface area (Å²) in [5.74, 6) is -0.134. The summed E-state index contributed by atoms with van der Waals surface area (Å²) in [7, 11) is -3.78. The van der Waals surface area contributed by atoms with Gasteiger partial charge in [0.25, 0.3) is 10.0 Å². The first-order valence-corrected chi connectivity index (χ1v) is 13.2. The predicted molar refractivity (Wildman–Crippen MR) is 150 cm³/mol. The zero-order chi connectivity index (χ0) is 25.7. The first-order chi connectivity index (χ1) is 18.0. The molecule has 0 aliphatic heterocycles. The maximum atomic E-state index is 13.0. The first kappa shape index (κ1) is 24.0. The Morgan fingerprint density at radius 1 is 0.595 bits per heavy atom. The molecule has 0 aromatic heterocycles. The minimum Gasteiger partial charge on any atom is -0.355 e. The molecule has 0 spiro atoms. The van der Waals surface area contributed by atoms with Gasteiger partial charge in [0.15, 0.2) is 5.78 Å². The van der Waals surface area contributed by atoms with Crippen LogP contribution in [0.1, 0.15) is 15.9 Å². The number of rotatable bonds is 8. The van der Waals surface area contributed by atoms with Crippen molar-refractivity contribution in [2.75, 3.05) is 10.0 Å². The van der Waals surface area contributed by atoms with Crippen LogP contribution >= 0.6 is 0 Å². The Labute approximate surface area is 216 Å². The van der Waals surface area contributed by atoms with E-state index in [2.05, 4.69) is 10.0 Å². The topological polar surface area (TPSA) is 75.3 Å². The van der Waals surface area contributed by atoms with Gasteiger partial charge in [0.1, 0.15) is 0 Å². The lowest BCUT2D eigenvalue weighted by Gasteiger charge is -2.13. The van der Waals surface area contributed by atoms with E-state index in [-0.39, 0.29) is 10.7 Å². The highest BCUT2D eigenvalue weighted by Crippen LogP contribution is 2.24. The van der Waals surface area contributed by atoms with Crippen molar-refractivity contribution in [3.8, 4) is 0 Å². The van der Waals surface area contributed by atoms with Crippen LogP contribution in [0.4, 0.5) is 11.4 Å². The Kier molecular flexibility index (Phi) is 6.83. The summed E-state index contributed by atoms with van der Waals surface area (Å²) < 4.78 is 28.7. The van der Waals surface area contributed by atoms with Crippen LogP contribution in [0.25, 0.3) is 16.5 Å². The quantitative estimate of drug-likeness (QED) is 0.177. The smallest absolute Gasteiger partial charge is 0.261 e. The molecule has 6 heteroatoms. The van der Waals surface area contributed by atoms with E-state index in [0.29, 0.717) is 22.6 Å². The largest absolute Gasteiger partial charge is 0.355 e. The molecular weight excluding hydrogens is 480 g/mol. The lowest BCUT2D eigenvalue weighted by atomic mass is 10.1. The van der Waals surface area contributed by atoms with Gasteiger partial charge in [-0.3, -0.25) is 9.52 Å². The molecule has 0 saturated heterocycles. The van der Waals surface area contributed by atoms with Gasteiger partial charge in [-0.2, -0.15) is 0 Å². The number of benzene rings is 5. The van der Waals surface area contributed by atoms with Gasteiger partial charge >= 0.3 is 0 Å². The summed E-state index contributed by atoms with van der Waals surface area (Å²) >= 11 is 0. The second kappa shape index (κ2) is 10.5. The highest BCUT2D eigenvalue weighted by Gasteiger charge is 2.15. The first-order valence-electron chi connectivity index (χ1n) is 11.7. The molecule has 0 unspecified atom stereocenters. The number of fused-ring (bicyclic) bond motifs is 1. The molecule has 0 aliphatic rings. The van der Waals surface area contributed by atoms with E-state index in [1.807, 2.05) is 84.9 Å². The Morgan fingerprint density at radius 2 is 1.16 bits per heavy atom. The van der Waals surface area contributed by atoms with E-state index >= 15 is 0 Å². The zero-order valence-electron chi connectivity index (χ0n) is 19.8. The second-order valence-corrected chi connectivity index (χ2v) is 10.2. The van der Waals surface area contributed by atoms with Crippen molar-refractivity contribution in [3.05, 3.63) is 145 Å². The van der Waals surface area contributed by atoms with E-state index in [1.165, 1.54) is 12.1 Å². The number of hydrogen-bond acceptors (Lipinski definition) is 4. The third-order valence-corrected chi connectivity index (χ3v) is 7.26. The van der Waals surface area contributed by atoms with Crippen molar-refractivity contribution < 1.29 is 13.2 Å². The third kappa shape index (κ3) is 5.77. The normalized spacial score (nSPS) is 11.7. The molecular formula is C31H24N2O3S. The fraction of sp³-hybridized carbons (Fsp3) is 0.